The second kappa shape index (κ2) is 5.98. The first-order valence-corrected chi connectivity index (χ1v) is 5.01. The lowest BCUT2D eigenvalue weighted by Gasteiger charge is -2.19. The molecule has 0 aromatic heterocycles. The van der Waals surface area contributed by atoms with Gasteiger partial charge >= 0.3 is 0 Å². The van der Waals surface area contributed by atoms with E-state index < -0.39 is 12.2 Å². The van der Waals surface area contributed by atoms with Crippen LogP contribution in [0.1, 0.15) is 33.1 Å². The first-order chi connectivity index (χ1) is 5.09. The van der Waals surface area contributed by atoms with E-state index in [0.717, 1.165) is 19.3 Å². The molecule has 11 heavy (non-hydrogen) atoms. The highest BCUT2D eigenvalue weighted by Gasteiger charge is 2.19. The number of alkyl halides is 1. The van der Waals surface area contributed by atoms with E-state index >= 15 is 0 Å². The molecule has 3 heteroatoms. The van der Waals surface area contributed by atoms with Gasteiger partial charge in [0.15, 0.2) is 0 Å². The molecule has 0 aliphatic heterocycles. The number of aliphatic hydroxyl groups is 2. The minimum Gasteiger partial charge on any atom is -0.392 e. The average molecular weight is 225 g/mol. The van der Waals surface area contributed by atoms with Crippen molar-refractivity contribution in [1.82, 2.24) is 0 Å². The summed E-state index contributed by atoms with van der Waals surface area (Å²) in [6, 6.07) is 0. The Morgan fingerprint density at radius 1 is 1.36 bits per heavy atom. The standard InChI is InChI=1S/C8H17BrO2/c1-3-4-5-7(11)8(9)6(2)10/h6-8,10-11H,3-5H2,1-2H3/t6-,7+,8-/m0/s1. The fraction of sp³-hybridized carbons (Fsp3) is 1.00. The predicted octanol–water partition coefficient (Wildman–Crippen LogP) is 1.68. The summed E-state index contributed by atoms with van der Waals surface area (Å²) in [4.78, 5) is -0.186. The second-order valence-corrected chi connectivity index (χ2v) is 3.95. The molecule has 0 saturated carbocycles. The maximum Gasteiger partial charge on any atom is 0.0690 e. The van der Waals surface area contributed by atoms with Crippen molar-refractivity contribution < 1.29 is 10.2 Å². The Labute approximate surface area is 76.7 Å². The first kappa shape index (κ1) is 11.4. The molecule has 0 bridgehead atoms. The molecule has 3 atom stereocenters. The van der Waals surface area contributed by atoms with Crippen LogP contribution in [-0.4, -0.2) is 27.2 Å². The maximum absolute atomic E-state index is 9.41. The van der Waals surface area contributed by atoms with Gasteiger partial charge in [-0.05, 0) is 13.3 Å². The van der Waals surface area contributed by atoms with Gasteiger partial charge in [-0.3, -0.25) is 0 Å². The third kappa shape index (κ3) is 4.77. The van der Waals surface area contributed by atoms with Gasteiger partial charge in [0.1, 0.15) is 0 Å². The van der Waals surface area contributed by atoms with Gasteiger partial charge in [0.05, 0.1) is 17.0 Å². The highest BCUT2D eigenvalue weighted by Crippen LogP contribution is 2.15. The topological polar surface area (TPSA) is 40.5 Å². The van der Waals surface area contributed by atoms with Crippen LogP contribution in [0.25, 0.3) is 0 Å². The van der Waals surface area contributed by atoms with Crippen molar-refractivity contribution in [1.29, 1.82) is 0 Å². The SMILES string of the molecule is CCCC[C@@H](O)[C@@H](Br)[C@H](C)O. The minimum absolute atomic E-state index is 0.186. The van der Waals surface area contributed by atoms with E-state index in [2.05, 4.69) is 22.9 Å². The molecule has 0 rings (SSSR count). The summed E-state index contributed by atoms with van der Waals surface area (Å²) in [6.45, 7) is 3.76. The van der Waals surface area contributed by atoms with Crippen LogP contribution in [0.2, 0.25) is 0 Å². The highest BCUT2D eigenvalue weighted by atomic mass is 79.9. The van der Waals surface area contributed by atoms with Gasteiger partial charge < -0.3 is 10.2 Å². The number of aliphatic hydroxyl groups excluding tert-OH is 2. The molecule has 0 aromatic rings. The predicted molar refractivity (Wildman–Crippen MR) is 49.9 cm³/mol. The van der Waals surface area contributed by atoms with Crippen LogP contribution in [0.4, 0.5) is 0 Å². The normalized spacial score (nSPS) is 19.4. The smallest absolute Gasteiger partial charge is 0.0690 e. The van der Waals surface area contributed by atoms with E-state index in [0.29, 0.717) is 0 Å². The molecule has 0 aliphatic carbocycles. The van der Waals surface area contributed by atoms with Crippen LogP contribution in [0, 0.1) is 0 Å². The Balaban J connectivity index is 3.55. The number of rotatable bonds is 5. The molecule has 0 fully saturated rings. The summed E-state index contributed by atoms with van der Waals surface area (Å²) in [5.74, 6) is 0. The summed E-state index contributed by atoms with van der Waals surface area (Å²) in [5.41, 5.74) is 0. The van der Waals surface area contributed by atoms with Gasteiger partial charge in [0, 0.05) is 0 Å². The molecular formula is C8H17BrO2. The van der Waals surface area contributed by atoms with Gasteiger partial charge in [0.25, 0.3) is 0 Å². The lowest BCUT2D eigenvalue weighted by Crippen LogP contribution is -2.30. The third-order valence-corrected chi connectivity index (χ3v) is 3.06. The van der Waals surface area contributed by atoms with Crippen LogP contribution in [-0.2, 0) is 0 Å². The summed E-state index contributed by atoms with van der Waals surface area (Å²) in [7, 11) is 0. The van der Waals surface area contributed by atoms with Crippen LogP contribution in [0.15, 0.2) is 0 Å². The Kier molecular flexibility index (Phi) is 6.19. The van der Waals surface area contributed by atoms with Gasteiger partial charge in [-0.2, -0.15) is 0 Å². The number of hydrogen-bond acceptors (Lipinski definition) is 2. The van der Waals surface area contributed by atoms with Crippen LogP contribution in [0.3, 0.4) is 0 Å². The summed E-state index contributed by atoms with van der Waals surface area (Å²) < 4.78 is 0. The molecule has 0 spiro atoms. The average Bonchev–Trinajstić information content (AvgIpc) is 1.98. The van der Waals surface area contributed by atoms with E-state index in [4.69, 9.17) is 5.11 Å². The van der Waals surface area contributed by atoms with Gasteiger partial charge in [0.2, 0.25) is 0 Å². The van der Waals surface area contributed by atoms with Crippen molar-refractivity contribution in [3.05, 3.63) is 0 Å². The number of halogens is 1. The fourth-order valence-electron chi connectivity index (χ4n) is 0.894. The largest absolute Gasteiger partial charge is 0.392 e. The zero-order valence-electron chi connectivity index (χ0n) is 7.13. The molecule has 2 nitrogen and oxygen atoms in total. The molecule has 68 valence electrons. The Morgan fingerprint density at radius 2 is 1.91 bits per heavy atom. The minimum atomic E-state index is -0.484. The van der Waals surface area contributed by atoms with Crippen molar-refractivity contribution in [3.8, 4) is 0 Å². The number of hydrogen-bond donors (Lipinski definition) is 2. The van der Waals surface area contributed by atoms with Crippen LogP contribution < -0.4 is 0 Å². The molecule has 0 amide bonds. The van der Waals surface area contributed by atoms with E-state index in [9.17, 15) is 5.11 Å². The summed E-state index contributed by atoms with van der Waals surface area (Å²) in [5, 5.41) is 18.5. The quantitative estimate of drug-likeness (QED) is 0.699. The Morgan fingerprint density at radius 3 is 2.27 bits per heavy atom. The maximum atomic E-state index is 9.41. The van der Waals surface area contributed by atoms with E-state index in [1.807, 2.05) is 0 Å². The molecular weight excluding hydrogens is 208 g/mol. The van der Waals surface area contributed by atoms with Crippen LogP contribution >= 0.6 is 15.9 Å². The van der Waals surface area contributed by atoms with Crippen LogP contribution in [0.5, 0.6) is 0 Å². The molecule has 0 unspecified atom stereocenters. The molecule has 0 aliphatic rings. The molecule has 0 heterocycles. The first-order valence-electron chi connectivity index (χ1n) is 4.09. The zero-order valence-corrected chi connectivity index (χ0v) is 8.71. The Bertz CT molecular complexity index is 96.1. The summed E-state index contributed by atoms with van der Waals surface area (Å²) in [6.07, 6.45) is 1.95. The molecule has 0 aromatic carbocycles. The van der Waals surface area contributed by atoms with Gasteiger partial charge in [-0.1, -0.05) is 35.7 Å². The van der Waals surface area contributed by atoms with E-state index in [-0.39, 0.29) is 4.83 Å². The summed E-state index contributed by atoms with van der Waals surface area (Å²) >= 11 is 3.24. The van der Waals surface area contributed by atoms with E-state index in [1.54, 1.807) is 6.92 Å². The third-order valence-electron chi connectivity index (χ3n) is 1.68. The zero-order chi connectivity index (χ0) is 8.85. The monoisotopic (exact) mass is 224 g/mol. The Hall–Kier alpha value is 0.400. The van der Waals surface area contributed by atoms with Crippen molar-refractivity contribution in [2.24, 2.45) is 0 Å². The van der Waals surface area contributed by atoms with E-state index in [1.165, 1.54) is 0 Å². The van der Waals surface area contributed by atoms with Gasteiger partial charge in [-0.15, -0.1) is 0 Å². The molecule has 2 N–H and O–H groups in total. The molecule has 0 radical (unpaired) electrons. The van der Waals surface area contributed by atoms with Crippen molar-refractivity contribution in [3.63, 3.8) is 0 Å². The second-order valence-electron chi connectivity index (χ2n) is 2.89. The highest BCUT2D eigenvalue weighted by molar-refractivity contribution is 9.09. The van der Waals surface area contributed by atoms with Crippen molar-refractivity contribution in [2.75, 3.05) is 0 Å². The lowest BCUT2D eigenvalue weighted by atomic mass is 10.1. The van der Waals surface area contributed by atoms with Crippen molar-refractivity contribution >= 4 is 15.9 Å². The lowest BCUT2D eigenvalue weighted by molar-refractivity contribution is 0.0945. The number of unbranched alkanes of at least 4 members (excludes halogenated alkanes) is 1. The fourth-order valence-corrected chi connectivity index (χ4v) is 1.16. The molecule has 0 saturated heterocycles. The van der Waals surface area contributed by atoms with Crippen molar-refractivity contribution in [2.45, 2.75) is 50.1 Å². The van der Waals surface area contributed by atoms with Gasteiger partial charge in [-0.25, -0.2) is 0 Å².